The molecule has 0 radical (unpaired) electrons. The molecule has 0 aromatic heterocycles. The van der Waals surface area contributed by atoms with Crippen LogP contribution < -0.4 is 10.1 Å². The largest absolute Gasteiger partial charge is 0.486 e. The van der Waals surface area contributed by atoms with Gasteiger partial charge in [0, 0.05) is 12.6 Å². The number of hydrogen-bond donors (Lipinski definition) is 1. The van der Waals surface area contributed by atoms with Gasteiger partial charge in [-0.05, 0) is 43.5 Å². The summed E-state index contributed by atoms with van der Waals surface area (Å²) in [4.78, 5) is 0. The zero-order chi connectivity index (χ0) is 13.5. The summed E-state index contributed by atoms with van der Waals surface area (Å²) in [6.07, 6.45) is 3.35. The Balaban J connectivity index is 1.93. The van der Waals surface area contributed by atoms with Crippen molar-refractivity contribution < 1.29 is 9.47 Å². The highest BCUT2D eigenvalue weighted by atomic mass is 16.5. The first kappa shape index (κ1) is 14.4. The van der Waals surface area contributed by atoms with Gasteiger partial charge < -0.3 is 14.8 Å². The van der Waals surface area contributed by atoms with E-state index in [0.29, 0.717) is 12.6 Å². The lowest BCUT2D eigenvalue weighted by atomic mass is 10.1. The highest BCUT2D eigenvalue weighted by molar-refractivity contribution is 5.27. The normalized spacial score (nSPS) is 23.3. The molecule has 3 nitrogen and oxygen atoms in total. The molecule has 2 unspecified atom stereocenters. The van der Waals surface area contributed by atoms with Crippen LogP contribution in [0.25, 0.3) is 0 Å². The molecule has 19 heavy (non-hydrogen) atoms. The lowest BCUT2D eigenvalue weighted by Gasteiger charge is -2.32. The van der Waals surface area contributed by atoms with E-state index < -0.39 is 0 Å². The van der Waals surface area contributed by atoms with Crippen molar-refractivity contribution >= 4 is 0 Å². The predicted molar refractivity (Wildman–Crippen MR) is 77.8 cm³/mol. The lowest BCUT2D eigenvalue weighted by Crippen LogP contribution is -2.49. The summed E-state index contributed by atoms with van der Waals surface area (Å²) >= 11 is 0. The highest BCUT2D eigenvalue weighted by Crippen LogP contribution is 2.18. The van der Waals surface area contributed by atoms with E-state index in [9.17, 15) is 0 Å². The SMILES string of the molecule is CCCNC1CCOCC1Oc1ccc(CC)cc1. The molecule has 2 rings (SSSR count). The van der Waals surface area contributed by atoms with Crippen molar-refractivity contribution in [3.8, 4) is 5.75 Å². The van der Waals surface area contributed by atoms with Crippen LogP contribution in [0.15, 0.2) is 24.3 Å². The fourth-order valence-electron chi connectivity index (χ4n) is 2.37. The highest BCUT2D eigenvalue weighted by Gasteiger charge is 2.26. The second-order valence-corrected chi connectivity index (χ2v) is 5.08. The summed E-state index contributed by atoms with van der Waals surface area (Å²) in [6, 6.07) is 8.79. The molecule has 1 heterocycles. The number of nitrogens with one attached hydrogen (secondary N) is 1. The van der Waals surface area contributed by atoms with E-state index >= 15 is 0 Å². The molecule has 0 bridgehead atoms. The fraction of sp³-hybridized carbons (Fsp3) is 0.625. The van der Waals surface area contributed by atoms with E-state index in [1.807, 2.05) is 0 Å². The Morgan fingerprint density at radius 1 is 1.26 bits per heavy atom. The average Bonchev–Trinajstić information content (AvgIpc) is 2.47. The zero-order valence-corrected chi connectivity index (χ0v) is 12.0. The van der Waals surface area contributed by atoms with E-state index in [2.05, 4.69) is 43.4 Å². The third kappa shape index (κ3) is 4.22. The number of ether oxygens (including phenoxy) is 2. The Kier molecular flexibility index (Phi) is 5.67. The molecule has 1 fully saturated rings. The fourth-order valence-corrected chi connectivity index (χ4v) is 2.37. The quantitative estimate of drug-likeness (QED) is 0.856. The number of aryl methyl sites for hydroxylation is 1. The van der Waals surface area contributed by atoms with Crippen molar-refractivity contribution in [2.24, 2.45) is 0 Å². The first-order chi connectivity index (χ1) is 9.33. The van der Waals surface area contributed by atoms with Crippen LogP contribution >= 0.6 is 0 Å². The molecule has 3 heteroatoms. The van der Waals surface area contributed by atoms with Crippen molar-refractivity contribution in [2.45, 2.75) is 45.3 Å². The van der Waals surface area contributed by atoms with Gasteiger partial charge >= 0.3 is 0 Å². The van der Waals surface area contributed by atoms with Gasteiger partial charge in [0.05, 0.1) is 6.61 Å². The van der Waals surface area contributed by atoms with Gasteiger partial charge in [-0.1, -0.05) is 26.0 Å². The minimum Gasteiger partial charge on any atom is -0.486 e. The van der Waals surface area contributed by atoms with E-state index in [0.717, 1.165) is 38.2 Å². The summed E-state index contributed by atoms with van der Waals surface area (Å²) in [5.74, 6) is 0.941. The average molecular weight is 263 g/mol. The molecule has 106 valence electrons. The Morgan fingerprint density at radius 3 is 2.74 bits per heavy atom. The summed E-state index contributed by atoms with van der Waals surface area (Å²) < 4.78 is 11.6. The summed E-state index contributed by atoms with van der Waals surface area (Å²) in [5.41, 5.74) is 1.34. The van der Waals surface area contributed by atoms with Gasteiger partial charge in [0.2, 0.25) is 0 Å². The van der Waals surface area contributed by atoms with Crippen molar-refractivity contribution in [2.75, 3.05) is 19.8 Å². The minimum atomic E-state index is 0.118. The van der Waals surface area contributed by atoms with Gasteiger partial charge in [0.25, 0.3) is 0 Å². The Morgan fingerprint density at radius 2 is 2.05 bits per heavy atom. The van der Waals surface area contributed by atoms with Crippen LogP contribution in [0.2, 0.25) is 0 Å². The topological polar surface area (TPSA) is 30.5 Å². The van der Waals surface area contributed by atoms with E-state index in [-0.39, 0.29) is 6.10 Å². The standard InChI is InChI=1S/C16H25NO2/c1-3-10-17-15-9-11-18-12-16(15)19-14-7-5-13(4-2)6-8-14/h5-8,15-17H,3-4,9-12H2,1-2H3. The molecule has 0 amide bonds. The number of rotatable bonds is 6. The van der Waals surface area contributed by atoms with Crippen LogP contribution in [0.4, 0.5) is 0 Å². The van der Waals surface area contributed by atoms with Gasteiger partial charge in [-0.15, -0.1) is 0 Å². The maximum absolute atomic E-state index is 6.08. The molecule has 2 atom stereocenters. The molecule has 1 aliphatic heterocycles. The van der Waals surface area contributed by atoms with E-state index in [1.54, 1.807) is 0 Å². The monoisotopic (exact) mass is 263 g/mol. The maximum atomic E-state index is 6.08. The van der Waals surface area contributed by atoms with Crippen molar-refractivity contribution in [1.82, 2.24) is 5.32 Å². The van der Waals surface area contributed by atoms with Crippen LogP contribution in [-0.4, -0.2) is 31.9 Å². The Labute approximate surface area is 116 Å². The van der Waals surface area contributed by atoms with Gasteiger partial charge in [-0.2, -0.15) is 0 Å². The molecular weight excluding hydrogens is 238 g/mol. The summed E-state index contributed by atoms with van der Waals surface area (Å²) in [7, 11) is 0. The van der Waals surface area contributed by atoms with Crippen LogP contribution in [0.5, 0.6) is 5.75 Å². The molecule has 0 saturated carbocycles. The van der Waals surface area contributed by atoms with Crippen molar-refractivity contribution in [3.63, 3.8) is 0 Å². The summed E-state index contributed by atoms with van der Waals surface area (Å²) in [6.45, 7) is 6.90. The number of benzene rings is 1. The molecule has 1 saturated heterocycles. The summed E-state index contributed by atoms with van der Waals surface area (Å²) in [5, 5.41) is 3.56. The maximum Gasteiger partial charge on any atom is 0.137 e. The molecular formula is C16H25NO2. The second kappa shape index (κ2) is 7.51. The van der Waals surface area contributed by atoms with E-state index in [4.69, 9.17) is 9.47 Å². The van der Waals surface area contributed by atoms with E-state index in [1.165, 1.54) is 5.56 Å². The Bertz CT molecular complexity index is 364. The van der Waals surface area contributed by atoms with Crippen LogP contribution in [0.3, 0.4) is 0 Å². The molecule has 1 N–H and O–H groups in total. The molecule has 0 spiro atoms. The van der Waals surface area contributed by atoms with Gasteiger partial charge in [0.1, 0.15) is 11.9 Å². The first-order valence-corrected chi connectivity index (χ1v) is 7.40. The predicted octanol–water partition coefficient (Wildman–Crippen LogP) is 2.78. The van der Waals surface area contributed by atoms with Crippen molar-refractivity contribution in [3.05, 3.63) is 29.8 Å². The number of hydrogen-bond acceptors (Lipinski definition) is 3. The third-order valence-corrected chi connectivity index (χ3v) is 3.58. The van der Waals surface area contributed by atoms with Gasteiger partial charge in [-0.25, -0.2) is 0 Å². The van der Waals surface area contributed by atoms with Crippen molar-refractivity contribution in [1.29, 1.82) is 0 Å². The zero-order valence-electron chi connectivity index (χ0n) is 12.0. The lowest BCUT2D eigenvalue weighted by molar-refractivity contribution is -0.0146. The van der Waals surface area contributed by atoms with Crippen LogP contribution in [0.1, 0.15) is 32.3 Å². The Hall–Kier alpha value is -1.06. The molecule has 1 aromatic carbocycles. The molecule has 1 aromatic rings. The van der Waals surface area contributed by atoms with Gasteiger partial charge in [0.15, 0.2) is 0 Å². The minimum absolute atomic E-state index is 0.118. The smallest absolute Gasteiger partial charge is 0.137 e. The molecule has 0 aliphatic carbocycles. The third-order valence-electron chi connectivity index (χ3n) is 3.58. The van der Waals surface area contributed by atoms with Crippen LogP contribution in [0, 0.1) is 0 Å². The van der Waals surface area contributed by atoms with Gasteiger partial charge in [-0.3, -0.25) is 0 Å². The molecule has 1 aliphatic rings. The van der Waals surface area contributed by atoms with Crippen LogP contribution in [-0.2, 0) is 11.2 Å². The first-order valence-electron chi connectivity index (χ1n) is 7.40. The second-order valence-electron chi connectivity index (χ2n) is 5.08.